The van der Waals surface area contributed by atoms with E-state index in [1.54, 1.807) is 35.1 Å². The van der Waals surface area contributed by atoms with Gasteiger partial charge in [-0.15, -0.1) is 22.7 Å². The molecule has 1 amide bonds. The molecule has 37 heavy (non-hydrogen) atoms. The van der Waals surface area contributed by atoms with Crippen molar-refractivity contribution in [2.45, 2.75) is 13.3 Å². The molecule has 5 rings (SSSR count). The lowest BCUT2D eigenvalue weighted by Gasteiger charge is -2.17. The molecule has 0 saturated heterocycles. The molecule has 2 heterocycles. The van der Waals surface area contributed by atoms with E-state index < -0.39 is 0 Å². The molecule has 8 heteroatoms. The third kappa shape index (κ3) is 5.69. The molecule has 0 bridgehead atoms. The molecule has 0 unspecified atom stereocenters. The highest BCUT2D eigenvalue weighted by Crippen LogP contribution is 2.38. The average Bonchev–Trinajstić information content (AvgIpc) is 3.59. The lowest BCUT2D eigenvalue weighted by atomic mass is 9.87. The summed E-state index contributed by atoms with van der Waals surface area (Å²) in [5, 5.41) is 5.47. The van der Waals surface area contributed by atoms with Crippen molar-refractivity contribution in [3.63, 3.8) is 0 Å². The second-order valence-electron chi connectivity index (χ2n) is 8.15. The molecular formula is C29H21ClFN3OS2. The van der Waals surface area contributed by atoms with Crippen LogP contribution in [0.3, 0.4) is 0 Å². The minimum Gasteiger partial charge on any atom is -0.298 e. The monoisotopic (exact) mass is 545 g/mol. The highest BCUT2D eigenvalue weighted by molar-refractivity contribution is 7.16. The summed E-state index contributed by atoms with van der Waals surface area (Å²) in [5.74, 6) is -0.611. The first-order valence-corrected chi connectivity index (χ1v) is 13.7. The predicted octanol–water partition coefficient (Wildman–Crippen LogP) is 8.57. The van der Waals surface area contributed by atoms with Gasteiger partial charge in [0.25, 0.3) is 0 Å². The zero-order valence-electron chi connectivity index (χ0n) is 19.7. The number of halogens is 2. The molecule has 184 valence electrons. The van der Waals surface area contributed by atoms with Gasteiger partial charge in [-0.05, 0) is 70.2 Å². The molecule has 4 nitrogen and oxygen atoms in total. The number of benzene rings is 3. The number of carbonyl (C=O) groups is 1. The summed E-state index contributed by atoms with van der Waals surface area (Å²) in [4.78, 5) is 20.7. The fraction of sp³-hybridized carbons (Fsp3) is 0.0690. The average molecular weight is 546 g/mol. The number of nitrogens with zero attached hydrogens (tertiary/aromatic N) is 2. The van der Waals surface area contributed by atoms with Crippen LogP contribution >= 0.6 is 34.3 Å². The van der Waals surface area contributed by atoms with Gasteiger partial charge in [0, 0.05) is 17.7 Å². The summed E-state index contributed by atoms with van der Waals surface area (Å²) < 4.78 is 14.9. The number of hydrogen-bond donors (Lipinski definition) is 1. The Morgan fingerprint density at radius 3 is 2.57 bits per heavy atom. The van der Waals surface area contributed by atoms with Crippen molar-refractivity contribution in [1.82, 2.24) is 9.97 Å². The SMILES string of the molecule is CC/C(=C(/c1ccc(/C=C/C(=O)Nc2nccs2)cc1)c1ccc2scnc2c1)c1ccc(F)cc1Cl. The highest BCUT2D eigenvalue weighted by atomic mass is 35.5. The lowest BCUT2D eigenvalue weighted by Crippen LogP contribution is -2.07. The van der Waals surface area contributed by atoms with Gasteiger partial charge in [-0.2, -0.15) is 0 Å². The van der Waals surface area contributed by atoms with Gasteiger partial charge < -0.3 is 0 Å². The quantitative estimate of drug-likeness (QED) is 0.164. The maximum absolute atomic E-state index is 13.8. The topological polar surface area (TPSA) is 54.9 Å². The number of thiazole rings is 2. The van der Waals surface area contributed by atoms with Crippen molar-refractivity contribution in [1.29, 1.82) is 0 Å². The highest BCUT2D eigenvalue weighted by Gasteiger charge is 2.16. The van der Waals surface area contributed by atoms with E-state index in [0.29, 0.717) is 16.6 Å². The Labute approximate surface area is 226 Å². The first-order valence-electron chi connectivity index (χ1n) is 11.5. The number of carbonyl (C=O) groups excluding carboxylic acids is 1. The largest absolute Gasteiger partial charge is 0.298 e. The van der Waals surface area contributed by atoms with Crippen LogP contribution in [0.25, 0.3) is 27.4 Å². The van der Waals surface area contributed by atoms with Crippen molar-refractivity contribution in [3.05, 3.63) is 117 Å². The van der Waals surface area contributed by atoms with E-state index in [9.17, 15) is 9.18 Å². The molecule has 1 N–H and O–H groups in total. The summed E-state index contributed by atoms with van der Waals surface area (Å²) in [6, 6.07) is 18.7. The zero-order chi connectivity index (χ0) is 25.8. The van der Waals surface area contributed by atoms with Crippen LogP contribution in [-0.4, -0.2) is 15.9 Å². The van der Waals surface area contributed by atoms with Crippen LogP contribution in [0.1, 0.15) is 35.6 Å². The summed E-state index contributed by atoms with van der Waals surface area (Å²) in [6.07, 6.45) is 5.58. The number of allylic oxidation sites excluding steroid dienone is 1. The third-order valence-electron chi connectivity index (χ3n) is 5.82. The zero-order valence-corrected chi connectivity index (χ0v) is 22.1. The van der Waals surface area contributed by atoms with Gasteiger partial charge in [0.15, 0.2) is 5.13 Å². The number of aromatic nitrogens is 2. The van der Waals surface area contributed by atoms with E-state index in [-0.39, 0.29) is 11.7 Å². The van der Waals surface area contributed by atoms with E-state index in [0.717, 1.165) is 43.6 Å². The molecule has 5 aromatic rings. The first-order chi connectivity index (χ1) is 18.0. The fourth-order valence-corrected chi connectivity index (χ4v) is 5.60. The molecule has 0 radical (unpaired) electrons. The number of fused-ring (bicyclic) bond motifs is 1. The summed E-state index contributed by atoms with van der Waals surface area (Å²) in [6.45, 7) is 2.06. The molecule has 0 aliphatic rings. The van der Waals surface area contributed by atoms with Gasteiger partial charge in [0.05, 0.1) is 20.7 Å². The van der Waals surface area contributed by atoms with Crippen LogP contribution in [0, 0.1) is 5.82 Å². The molecule has 0 aliphatic heterocycles. The summed E-state index contributed by atoms with van der Waals surface area (Å²) in [7, 11) is 0. The predicted molar refractivity (Wildman–Crippen MR) is 153 cm³/mol. The number of hydrogen-bond acceptors (Lipinski definition) is 5. The van der Waals surface area contributed by atoms with E-state index in [1.165, 1.54) is 29.5 Å². The van der Waals surface area contributed by atoms with Gasteiger partial charge >= 0.3 is 0 Å². The first kappa shape index (κ1) is 25.0. The van der Waals surface area contributed by atoms with Crippen molar-refractivity contribution in [3.8, 4) is 0 Å². The van der Waals surface area contributed by atoms with Crippen molar-refractivity contribution in [2.24, 2.45) is 0 Å². The maximum Gasteiger partial charge on any atom is 0.250 e. The van der Waals surface area contributed by atoms with Crippen LogP contribution in [0.5, 0.6) is 0 Å². The van der Waals surface area contributed by atoms with E-state index >= 15 is 0 Å². The number of nitrogens with one attached hydrogen (secondary N) is 1. The minimum absolute atomic E-state index is 0.240. The Balaban J connectivity index is 1.55. The standard InChI is InChI=1S/C29H21ClFN3OS2/c1-2-22(23-10-9-21(31)16-24(23)30)28(20-8-11-26-25(15-20)33-17-37-26)19-6-3-18(4-7-19)5-12-27(35)34-29-32-13-14-36-29/h3-17H,2H2,1H3,(H,32,34,35)/b12-5+,28-22+. The molecule has 0 atom stereocenters. The van der Waals surface area contributed by atoms with Crippen LogP contribution in [-0.2, 0) is 4.79 Å². The number of rotatable bonds is 7. The third-order valence-corrected chi connectivity index (χ3v) is 7.63. The fourth-order valence-electron chi connectivity index (χ4n) is 4.13. The normalized spacial score (nSPS) is 12.2. The van der Waals surface area contributed by atoms with E-state index in [2.05, 4.69) is 40.4 Å². The Kier molecular flexibility index (Phi) is 7.55. The van der Waals surface area contributed by atoms with Crippen LogP contribution in [0.4, 0.5) is 9.52 Å². The number of anilines is 1. The minimum atomic E-state index is -0.371. The van der Waals surface area contributed by atoms with Gasteiger partial charge in [-0.3, -0.25) is 10.1 Å². The van der Waals surface area contributed by atoms with Crippen LogP contribution in [0.2, 0.25) is 5.02 Å². The molecule has 2 aromatic heterocycles. The molecule has 0 fully saturated rings. The number of amides is 1. The smallest absolute Gasteiger partial charge is 0.250 e. The van der Waals surface area contributed by atoms with Gasteiger partial charge in [0.2, 0.25) is 5.91 Å². The Hall–Kier alpha value is -3.65. The van der Waals surface area contributed by atoms with E-state index in [1.807, 2.05) is 29.8 Å². The second-order valence-corrected chi connectivity index (χ2v) is 10.3. The van der Waals surface area contributed by atoms with Gasteiger partial charge in [0.1, 0.15) is 5.82 Å². The molecular weight excluding hydrogens is 525 g/mol. The lowest BCUT2D eigenvalue weighted by molar-refractivity contribution is -0.111. The second kappa shape index (κ2) is 11.2. The van der Waals surface area contributed by atoms with Crippen LogP contribution in [0.15, 0.2) is 83.8 Å². The summed E-state index contributed by atoms with van der Waals surface area (Å²) in [5.41, 5.74) is 8.42. The molecule has 0 aliphatic carbocycles. The Bertz CT molecular complexity index is 1620. The van der Waals surface area contributed by atoms with Crippen molar-refractivity contribution < 1.29 is 9.18 Å². The Morgan fingerprint density at radius 2 is 1.84 bits per heavy atom. The molecule has 0 saturated carbocycles. The maximum atomic E-state index is 13.8. The Morgan fingerprint density at radius 1 is 1.03 bits per heavy atom. The van der Waals surface area contributed by atoms with Crippen molar-refractivity contribution in [2.75, 3.05) is 5.32 Å². The van der Waals surface area contributed by atoms with Crippen molar-refractivity contribution >= 4 is 72.8 Å². The van der Waals surface area contributed by atoms with Gasteiger partial charge in [-0.1, -0.05) is 54.9 Å². The van der Waals surface area contributed by atoms with Crippen LogP contribution < -0.4 is 5.32 Å². The van der Waals surface area contributed by atoms with Gasteiger partial charge in [-0.25, -0.2) is 14.4 Å². The molecule has 3 aromatic carbocycles. The molecule has 0 spiro atoms. The summed E-state index contributed by atoms with van der Waals surface area (Å²) >= 11 is 9.47. The van der Waals surface area contributed by atoms with E-state index in [4.69, 9.17) is 11.6 Å².